The fourth-order valence-electron chi connectivity index (χ4n) is 1.89. The van der Waals surface area contributed by atoms with E-state index in [0.717, 1.165) is 10.6 Å². The van der Waals surface area contributed by atoms with E-state index in [1.807, 2.05) is 60.7 Å². The van der Waals surface area contributed by atoms with Crippen LogP contribution < -0.4 is 5.09 Å². The normalized spacial score (nSPS) is 24.2. The second-order valence-corrected chi connectivity index (χ2v) is 19.3. The van der Waals surface area contributed by atoms with Crippen LogP contribution in [0.5, 0.6) is 0 Å². The van der Waals surface area contributed by atoms with E-state index in [2.05, 4.69) is 18.6 Å². The van der Waals surface area contributed by atoms with E-state index < -0.39 is 18.4 Å². The Bertz CT molecular complexity index is 842. The number of anilines is 1. The molecule has 24 heavy (non-hydrogen) atoms. The average molecular weight is 478 g/mol. The molecule has 0 aromatic heterocycles. The monoisotopic (exact) mass is 476 g/mol. The standard InChI is InChI=1S/C12H11Cl4N4P3S/c13-21(14)18-22(15,16)20-23(19-21,17-11-7-3-1-4-8-11)24-12-9-5-2-6-10-12/h1-10,17H. The molecule has 0 fully saturated rings. The van der Waals surface area contributed by atoms with Crippen molar-refractivity contribution in [2.45, 2.75) is 4.90 Å². The van der Waals surface area contributed by atoms with Crippen LogP contribution in [0.15, 0.2) is 79.1 Å². The van der Waals surface area contributed by atoms with Gasteiger partial charge in [-0.2, -0.15) is 13.5 Å². The molecule has 0 saturated heterocycles. The molecule has 0 amide bonds. The minimum Gasteiger partial charge on any atom is -0.327 e. The fourth-order valence-corrected chi connectivity index (χ4v) is 22.4. The lowest BCUT2D eigenvalue weighted by atomic mass is 10.3. The Morgan fingerprint density at radius 2 is 1.25 bits per heavy atom. The van der Waals surface area contributed by atoms with E-state index >= 15 is 0 Å². The summed E-state index contributed by atoms with van der Waals surface area (Å²) >= 11 is 26.6. The Morgan fingerprint density at radius 1 is 0.708 bits per heavy atom. The molecule has 0 radical (unpaired) electrons. The summed E-state index contributed by atoms with van der Waals surface area (Å²) in [6, 6.07) is 19.3. The zero-order chi connectivity index (χ0) is 17.3. The van der Waals surface area contributed by atoms with Crippen LogP contribution in [0, 0.1) is 0 Å². The molecule has 1 unspecified atom stereocenters. The lowest BCUT2D eigenvalue weighted by Gasteiger charge is -2.27. The first-order valence-electron chi connectivity index (χ1n) is 6.56. The summed E-state index contributed by atoms with van der Waals surface area (Å²) in [6.45, 7) is -2.68. The highest BCUT2D eigenvalue weighted by Gasteiger charge is 2.34. The number of para-hydroxylation sites is 1. The van der Waals surface area contributed by atoms with E-state index in [4.69, 9.17) is 45.0 Å². The summed E-state index contributed by atoms with van der Waals surface area (Å²) < 4.78 is 13.2. The van der Waals surface area contributed by atoms with Gasteiger partial charge in [-0.15, -0.1) is 0 Å². The summed E-state index contributed by atoms with van der Waals surface area (Å²) in [5, 5.41) is 3.35. The van der Waals surface area contributed by atoms with Gasteiger partial charge < -0.3 is 5.09 Å². The second kappa shape index (κ2) is 7.59. The second-order valence-electron chi connectivity index (χ2n) is 4.61. The lowest BCUT2D eigenvalue weighted by Crippen LogP contribution is -1.93. The van der Waals surface area contributed by atoms with Crippen molar-refractivity contribution in [2.24, 2.45) is 13.5 Å². The van der Waals surface area contributed by atoms with Crippen LogP contribution in [0.2, 0.25) is 0 Å². The van der Waals surface area contributed by atoms with E-state index in [1.54, 1.807) is 0 Å². The van der Waals surface area contributed by atoms with Gasteiger partial charge >= 0.3 is 0 Å². The van der Waals surface area contributed by atoms with Crippen molar-refractivity contribution in [3.05, 3.63) is 60.7 Å². The molecule has 3 rings (SSSR count). The number of rotatable bonds is 4. The molecule has 0 bridgehead atoms. The van der Waals surface area contributed by atoms with E-state index in [1.165, 1.54) is 11.4 Å². The van der Waals surface area contributed by atoms with Gasteiger partial charge in [-0.25, -0.2) is 0 Å². The van der Waals surface area contributed by atoms with Gasteiger partial charge in [0.15, 0.2) is 0 Å². The highest BCUT2D eigenvalue weighted by molar-refractivity contribution is 8.60. The van der Waals surface area contributed by atoms with Crippen molar-refractivity contribution in [2.75, 3.05) is 5.09 Å². The van der Waals surface area contributed by atoms with E-state index in [-0.39, 0.29) is 0 Å². The van der Waals surface area contributed by atoms with Gasteiger partial charge in [0.2, 0.25) is 6.56 Å². The van der Waals surface area contributed by atoms with Crippen molar-refractivity contribution in [3.8, 4) is 0 Å². The minimum atomic E-state index is -3.00. The van der Waals surface area contributed by atoms with Crippen LogP contribution in [-0.4, -0.2) is 0 Å². The molecule has 1 N–H and O–H groups in total. The predicted molar refractivity (Wildman–Crippen MR) is 114 cm³/mol. The number of nitrogens with one attached hydrogen (secondary N) is 1. The topological polar surface area (TPSA) is 49.1 Å². The van der Waals surface area contributed by atoms with Gasteiger partial charge in [-0.05, 0) is 80.6 Å². The van der Waals surface area contributed by atoms with Gasteiger partial charge in [-0.3, -0.25) is 0 Å². The molecule has 1 atom stereocenters. The molecule has 2 aromatic carbocycles. The van der Waals surface area contributed by atoms with Crippen LogP contribution in [0.3, 0.4) is 0 Å². The summed E-state index contributed by atoms with van der Waals surface area (Å²) in [5.41, 5.74) is 0.838. The maximum Gasteiger partial charge on any atom is 0.257 e. The first-order chi connectivity index (χ1) is 11.3. The van der Waals surface area contributed by atoms with Crippen LogP contribution in [0.1, 0.15) is 0 Å². The van der Waals surface area contributed by atoms with Gasteiger partial charge in [0.25, 0.3) is 11.8 Å². The summed E-state index contributed by atoms with van der Waals surface area (Å²) in [4.78, 5) is 0.963. The van der Waals surface area contributed by atoms with E-state index in [0.29, 0.717) is 0 Å². The van der Waals surface area contributed by atoms with Crippen molar-refractivity contribution < 1.29 is 0 Å². The predicted octanol–water partition coefficient (Wildman–Crippen LogP) is 9.70. The maximum absolute atomic E-state index is 6.29. The zero-order valence-electron chi connectivity index (χ0n) is 11.9. The maximum atomic E-state index is 6.29. The average Bonchev–Trinajstić information content (AvgIpc) is 2.45. The van der Waals surface area contributed by atoms with Crippen molar-refractivity contribution in [1.82, 2.24) is 0 Å². The van der Waals surface area contributed by atoms with Gasteiger partial charge in [0.05, 0.1) is 0 Å². The molecule has 0 spiro atoms. The number of nitrogens with zero attached hydrogens (tertiary/aromatic N) is 3. The number of benzene rings is 2. The molecule has 0 aliphatic carbocycles. The lowest BCUT2D eigenvalue weighted by molar-refractivity contribution is 1.48. The van der Waals surface area contributed by atoms with Crippen molar-refractivity contribution in [1.29, 1.82) is 0 Å². The largest absolute Gasteiger partial charge is 0.327 e. The van der Waals surface area contributed by atoms with Gasteiger partial charge in [-0.1, -0.05) is 36.4 Å². The third-order valence-corrected chi connectivity index (χ3v) is 17.2. The Hall–Kier alpha value is 0.440. The smallest absolute Gasteiger partial charge is 0.257 e. The van der Waals surface area contributed by atoms with Gasteiger partial charge in [0, 0.05) is 10.6 Å². The molecule has 12 heteroatoms. The van der Waals surface area contributed by atoms with Crippen molar-refractivity contribution >= 4 is 80.4 Å². The molecule has 4 nitrogen and oxygen atoms in total. The Kier molecular flexibility index (Phi) is 6.07. The zero-order valence-corrected chi connectivity index (χ0v) is 18.4. The molecular weight excluding hydrogens is 467 g/mol. The summed E-state index contributed by atoms with van der Waals surface area (Å²) in [5.74, 6) is -6.00. The van der Waals surface area contributed by atoms with Crippen LogP contribution in [-0.2, 0) is 0 Å². The number of halogens is 4. The van der Waals surface area contributed by atoms with Gasteiger partial charge in [0.1, 0.15) is 0 Å². The SMILES string of the molecule is ClP1(Cl)=NP(Cl)(Cl)=NP(Nc2ccccc2)(Sc2ccccc2)=N1. The first kappa shape index (κ1) is 19.2. The quantitative estimate of drug-likeness (QED) is 0.445. The fraction of sp³-hybridized carbons (Fsp3) is 0. The number of hydrogen-bond acceptors (Lipinski definition) is 5. The third kappa shape index (κ3) is 5.22. The molecule has 0 saturated carbocycles. The minimum absolute atomic E-state index is 0.838. The third-order valence-electron chi connectivity index (χ3n) is 2.70. The molecule has 1 aliphatic heterocycles. The van der Waals surface area contributed by atoms with Crippen LogP contribution in [0.25, 0.3) is 0 Å². The summed E-state index contributed by atoms with van der Waals surface area (Å²) in [6.07, 6.45) is 0. The first-order valence-corrected chi connectivity index (χ1v) is 16.7. The Morgan fingerprint density at radius 3 is 1.83 bits per heavy atom. The highest BCUT2D eigenvalue weighted by atomic mass is 35.9. The van der Waals surface area contributed by atoms with Crippen molar-refractivity contribution in [3.63, 3.8) is 0 Å². The van der Waals surface area contributed by atoms with Crippen LogP contribution in [0.4, 0.5) is 5.69 Å². The van der Waals surface area contributed by atoms with E-state index in [9.17, 15) is 0 Å². The molecule has 128 valence electrons. The Labute approximate surface area is 163 Å². The molecule has 1 heterocycles. The molecular formula is C12H11Cl4N4P3S. The van der Waals surface area contributed by atoms with Crippen LogP contribution >= 0.6 is 74.7 Å². The summed E-state index contributed by atoms with van der Waals surface area (Å²) in [7, 11) is 0. The highest BCUT2D eigenvalue weighted by Crippen LogP contribution is 2.88. The molecule has 2 aromatic rings. The number of hydrogen-bond donors (Lipinski definition) is 1. The Balaban J connectivity index is 2.14. The molecule has 1 aliphatic rings.